The third-order valence-corrected chi connectivity index (χ3v) is 3.67. The molecular formula is C10H16N2O2S2. The number of carbonyl (C=O) groups is 1. The Morgan fingerprint density at radius 3 is 3.06 bits per heavy atom. The van der Waals surface area contributed by atoms with Gasteiger partial charge in [-0.15, -0.1) is 11.3 Å². The second kappa shape index (κ2) is 7.65. The Morgan fingerprint density at radius 1 is 1.62 bits per heavy atom. The van der Waals surface area contributed by atoms with Crippen molar-refractivity contribution in [3.63, 3.8) is 0 Å². The topological polar surface area (TPSA) is 62.2 Å². The van der Waals surface area contributed by atoms with Crippen LogP contribution in [0.5, 0.6) is 0 Å². The minimum Gasteiger partial charge on any atom is -0.396 e. The largest absolute Gasteiger partial charge is 0.396 e. The molecule has 1 amide bonds. The molecule has 0 saturated heterocycles. The van der Waals surface area contributed by atoms with Gasteiger partial charge in [0, 0.05) is 24.3 Å². The van der Waals surface area contributed by atoms with E-state index in [2.05, 4.69) is 10.3 Å². The Hall–Kier alpha value is -0.590. The second-order valence-electron chi connectivity index (χ2n) is 3.20. The summed E-state index contributed by atoms with van der Waals surface area (Å²) in [6.45, 7) is 2.76. The standard InChI is InChI=1S/C10H16N2O2S2/c1-8-12-9(7-16-8)10(14)11-3-6-15-5-2-4-13/h7,13H,2-6H2,1H3,(H,11,14). The summed E-state index contributed by atoms with van der Waals surface area (Å²) in [5, 5.41) is 14.1. The first-order valence-corrected chi connectivity index (χ1v) is 7.16. The quantitative estimate of drug-likeness (QED) is 0.725. The van der Waals surface area contributed by atoms with Crippen LogP contribution in [-0.4, -0.2) is 40.7 Å². The minimum atomic E-state index is -0.105. The summed E-state index contributed by atoms with van der Waals surface area (Å²) >= 11 is 3.21. The van der Waals surface area contributed by atoms with E-state index in [0.717, 1.165) is 22.9 Å². The lowest BCUT2D eigenvalue weighted by Gasteiger charge is -2.02. The summed E-state index contributed by atoms with van der Waals surface area (Å²) < 4.78 is 0. The fraction of sp³-hybridized carbons (Fsp3) is 0.600. The molecule has 0 aromatic carbocycles. The van der Waals surface area contributed by atoms with Gasteiger partial charge >= 0.3 is 0 Å². The molecular weight excluding hydrogens is 244 g/mol. The number of aromatic nitrogens is 1. The van der Waals surface area contributed by atoms with Gasteiger partial charge in [-0.25, -0.2) is 4.98 Å². The molecule has 0 radical (unpaired) electrons. The van der Waals surface area contributed by atoms with E-state index in [4.69, 9.17) is 5.11 Å². The summed E-state index contributed by atoms with van der Waals surface area (Å²) in [7, 11) is 0. The SMILES string of the molecule is Cc1nc(C(=O)NCCSCCCO)cs1. The van der Waals surface area contributed by atoms with E-state index in [1.165, 1.54) is 11.3 Å². The number of thioether (sulfide) groups is 1. The van der Waals surface area contributed by atoms with Crippen molar-refractivity contribution in [2.75, 3.05) is 24.7 Å². The van der Waals surface area contributed by atoms with Crippen molar-refractivity contribution >= 4 is 29.0 Å². The van der Waals surface area contributed by atoms with E-state index in [0.29, 0.717) is 12.2 Å². The number of aliphatic hydroxyl groups excluding tert-OH is 1. The smallest absolute Gasteiger partial charge is 0.270 e. The highest BCUT2D eigenvalue weighted by molar-refractivity contribution is 7.99. The number of rotatable bonds is 7. The second-order valence-corrected chi connectivity index (χ2v) is 5.48. The number of hydrogen-bond donors (Lipinski definition) is 2. The Labute approximate surface area is 103 Å². The molecule has 1 aromatic rings. The molecule has 2 N–H and O–H groups in total. The lowest BCUT2D eigenvalue weighted by molar-refractivity contribution is 0.0952. The van der Waals surface area contributed by atoms with E-state index in [1.807, 2.05) is 6.92 Å². The van der Waals surface area contributed by atoms with Crippen molar-refractivity contribution < 1.29 is 9.90 Å². The summed E-state index contributed by atoms with van der Waals surface area (Å²) in [4.78, 5) is 15.6. The molecule has 1 heterocycles. The van der Waals surface area contributed by atoms with E-state index in [9.17, 15) is 4.79 Å². The minimum absolute atomic E-state index is 0.105. The zero-order valence-corrected chi connectivity index (χ0v) is 10.9. The predicted octanol–water partition coefficient (Wildman–Crippen LogP) is 1.30. The fourth-order valence-corrected chi connectivity index (χ4v) is 2.44. The monoisotopic (exact) mass is 260 g/mol. The first-order valence-electron chi connectivity index (χ1n) is 5.13. The molecule has 4 nitrogen and oxygen atoms in total. The molecule has 90 valence electrons. The number of thiazole rings is 1. The van der Waals surface area contributed by atoms with E-state index >= 15 is 0 Å². The number of aliphatic hydroxyl groups is 1. The molecule has 16 heavy (non-hydrogen) atoms. The van der Waals surface area contributed by atoms with Crippen molar-refractivity contribution in [3.05, 3.63) is 16.1 Å². The maximum Gasteiger partial charge on any atom is 0.270 e. The van der Waals surface area contributed by atoms with Gasteiger partial charge in [0.25, 0.3) is 5.91 Å². The number of nitrogens with zero attached hydrogens (tertiary/aromatic N) is 1. The zero-order valence-electron chi connectivity index (χ0n) is 9.23. The van der Waals surface area contributed by atoms with Crippen LogP contribution in [0.4, 0.5) is 0 Å². The Balaban J connectivity index is 2.11. The summed E-state index contributed by atoms with van der Waals surface area (Å²) in [5.41, 5.74) is 0.503. The molecule has 0 unspecified atom stereocenters. The van der Waals surface area contributed by atoms with Gasteiger partial charge in [-0.1, -0.05) is 0 Å². The normalized spacial score (nSPS) is 10.4. The van der Waals surface area contributed by atoms with Gasteiger partial charge < -0.3 is 10.4 Å². The first kappa shape index (κ1) is 13.5. The highest BCUT2D eigenvalue weighted by Crippen LogP contribution is 2.07. The Bertz CT molecular complexity index is 328. The van der Waals surface area contributed by atoms with E-state index in [1.54, 1.807) is 17.1 Å². The molecule has 0 spiro atoms. The third kappa shape index (κ3) is 4.96. The third-order valence-electron chi connectivity index (χ3n) is 1.83. The first-order chi connectivity index (χ1) is 7.74. The van der Waals surface area contributed by atoms with Crippen molar-refractivity contribution in [2.45, 2.75) is 13.3 Å². The number of carbonyl (C=O) groups excluding carboxylic acids is 1. The van der Waals surface area contributed by atoms with Gasteiger partial charge in [-0.3, -0.25) is 4.79 Å². The molecule has 0 aliphatic rings. The average molecular weight is 260 g/mol. The van der Waals surface area contributed by atoms with Gasteiger partial charge in [0.1, 0.15) is 5.69 Å². The van der Waals surface area contributed by atoms with Crippen molar-refractivity contribution in [1.82, 2.24) is 10.3 Å². The van der Waals surface area contributed by atoms with Crippen LogP contribution in [-0.2, 0) is 0 Å². The molecule has 6 heteroatoms. The van der Waals surface area contributed by atoms with Gasteiger partial charge in [0.05, 0.1) is 5.01 Å². The number of amides is 1. The highest BCUT2D eigenvalue weighted by Gasteiger charge is 2.07. The van der Waals surface area contributed by atoms with E-state index < -0.39 is 0 Å². The molecule has 0 fully saturated rings. The lowest BCUT2D eigenvalue weighted by Crippen LogP contribution is -2.26. The molecule has 0 atom stereocenters. The zero-order chi connectivity index (χ0) is 11.8. The van der Waals surface area contributed by atoms with Crippen LogP contribution in [0.25, 0.3) is 0 Å². The Morgan fingerprint density at radius 2 is 2.44 bits per heavy atom. The highest BCUT2D eigenvalue weighted by atomic mass is 32.2. The lowest BCUT2D eigenvalue weighted by atomic mass is 10.4. The maximum atomic E-state index is 11.5. The molecule has 1 aromatic heterocycles. The van der Waals surface area contributed by atoms with Crippen LogP contribution < -0.4 is 5.32 Å². The van der Waals surface area contributed by atoms with Crippen LogP contribution in [0.15, 0.2) is 5.38 Å². The average Bonchev–Trinajstić information content (AvgIpc) is 2.70. The number of aryl methyl sites for hydroxylation is 1. The van der Waals surface area contributed by atoms with Gasteiger partial charge in [0.2, 0.25) is 0 Å². The van der Waals surface area contributed by atoms with Crippen LogP contribution in [0.2, 0.25) is 0 Å². The van der Waals surface area contributed by atoms with Crippen LogP contribution in [0.1, 0.15) is 21.9 Å². The van der Waals surface area contributed by atoms with Crippen molar-refractivity contribution in [1.29, 1.82) is 0 Å². The fourth-order valence-electron chi connectivity index (χ4n) is 1.06. The van der Waals surface area contributed by atoms with Crippen LogP contribution in [0, 0.1) is 6.92 Å². The maximum absolute atomic E-state index is 11.5. The number of hydrogen-bond acceptors (Lipinski definition) is 5. The number of nitrogens with one attached hydrogen (secondary N) is 1. The van der Waals surface area contributed by atoms with Gasteiger partial charge in [-0.05, 0) is 19.1 Å². The summed E-state index contributed by atoms with van der Waals surface area (Å²) in [6, 6.07) is 0. The summed E-state index contributed by atoms with van der Waals surface area (Å²) in [6.07, 6.45) is 0.809. The molecule has 0 aliphatic heterocycles. The van der Waals surface area contributed by atoms with Gasteiger partial charge in [0.15, 0.2) is 0 Å². The summed E-state index contributed by atoms with van der Waals surface area (Å²) in [5.74, 6) is 1.70. The Kier molecular flexibility index (Phi) is 6.44. The molecule has 0 aliphatic carbocycles. The molecule has 1 rings (SSSR count). The molecule has 0 bridgehead atoms. The van der Waals surface area contributed by atoms with Crippen LogP contribution in [0.3, 0.4) is 0 Å². The van der Waals surface area contributed by atoms with Crippen molar-refractivity contribution in [3.8, 4) is 0 Å². The molecule has 0 saturated carbocycles. The predicted molar refractivity (Wildman–Crippen MR) is 68.2 cm³/mol. The van der Waals surface area contributed by atoms with E-state index in [-0.39, 0.29) is 12.5 Å². The van der Waals surface area contributed by atoms with Crippen molar-refractivity contribution in [2.24, 2.45) is 0 Å². The van der Waals surface area contributed by atoms with Crippen LogP contribution >= 0.6 is 23.1 Å². The van der Waals surface area contributed by atoms with Gasteiger partial charge in [-0.2, -0.15) is 11.8 Å².